The van der Waals surface area contributed by atoms with Gasteiger partial charge in [-0.15, -0.1) is 0 Å². The second-order valence-corrected chi connectivity index (χ2v) is 5.16. The largest absolute Gasteiger partial charge is 0.496 e. The molecule has 5 nitrogen and oxygen atoms in total. The number of aliphatic carboxylic acids is 1. The zero-order valence-corrected chi connectivity index (χ0v) is 13.4. The van der Waals surface area contributed by atoms with Gasteiger partial charge < -0.3 is 15.2 Å². The van der Waals surface area contributed by atoms with Crippen LogP contribution < -0.4 is 10.1 Å². The number of aryl methyl sites for hydroxylation is 1. The summed E-state index contributed by atoms with van der Waals surface area (Å²) in [5.74, 6) is -0.377. The Labute approximate surface area is 140 Å². The second-order valence-electron chi connectivity index (χ2n) is 5.16. The summed E-state index contributed by atoms with van der Waals surface area (Å²) in [5.41, 5.74) is 2.39. The zero-order chi connectivity index (χ0) is 17.4. The van der Waals surface area contributed by atoms with E-state index in [-0.39, 0.29) is 12.3 Å². The van der Waals surface area contributed by atoms with Crippen LogP contribution in [0.4, 0.5) is 5.69 Å². The molecule has 0 bridgehead atoms. The SMILES string of the molecule is COc1ccccc1/C=C/C(=O)Nc1ccc(CCC(=O)O)cc1. The highest BCUT2D eigenvalue weighted by Crippen LogP contribution is 2.18. The van der Waals surface area contributed by atoms with E-state index >= 15 is 0 Å². The standard InChI is InChI=1S/C19H19NO4/c1-24-17-5-3-2-4-15(17)9-12-18(21)20-16-10-6-14(7-11-16)8-13-19(22)23/h2-7,9-12H,8,13H2,1H3,(H,20,21)(H,22,23)/b12-9+. The van der Waals surface area contributed by atoms with Crippen molar-refractivity contribution in [2.24, 2.45) is 0 Å². The van der Waals surface area contributed by atoms with Gasteiger partial charge in [-0.1, -0.05) is 30.3 Å². The van der Waals surface area contributed by atoms with Gasteiger partial charge in [-0.2, -0.15) is 0 Å². The van der Waals surface area contributed by atoms with E-state index in [1.165, 1.54) is 6.08 Å². The van der Waals surface area contributed by atoms with Crippen molar-refractivity contribution in [1.82, 2.24) is 0 Å². The molecule has 0 aliphatic rings. The fourth-order valence-electron chi connectivity index (χ4n) is 2.16. The Morgan fingerprint density at radius 1 is 1.12 bits per heavy atom. The summed E-state index contributed by atoms with van der Waals surface area (Å²) in [6.07, 6.45) is 3.69. The van der Waals surface area contributed by atoms with Crippen LogP contribution in [0.15, 0.2) is 54.6 Å². The van der Waals surface area contributed by atoms with E-state index in [0.29, 0.717) is 17.9 Å². The summed E-state index contributed by atoms with van der Waals surface area (Å²) in [4.78, 5) is 22.5. The molecule has 2 aromatic rings. The number of carboxylic acid groups (broad SMARTS) is 1. The fraction of sp³-hybridized carbons (Fsp3) is 0.158. The Balaban J connectivity index is 1.94. The number of anilines is 1. The highest BCUT2D eigenvalue weighted by atomic mass is 16.5. The summed E-state index contributed by atoms with van der Waals surface area (Å²) >= 11 is 0. The summed E-state index contributed by atoms with van der Waals surface area (Å²) < 4.78 is 5.22. The van der Waals surface area contributed by atoms with Crippen molar-refractivity contribution < 1.29 is 19.4 Å². The minimum atomic E-state index is -0.825. The Bertz CT molecular complexity index is 735. The second kappa shape index (κ2) is 8.53. The molecule has 24 heavy (non-hydrogen) atoms. The number of hydrogen-bond donors (Lipinski definition) is 2. The van der Waals surface area contributed by atoms with Crippen molar-refractivity contribution in [3.05, 3.63) is 65.7 Å². The van der Waals surface area contributed by atoms with Gasteiger partial charge in [0.2, 0.25) is 5.91 Å². The van der Waals surface area contributed by atoms with Crippen LogP contribution in [-0.2, 0) is 16.0 Å². The Morgan fingerprint density at radius 3 is 2.50 bits per heavy atom. The lowest BCUT2D eigenvalue weighted by Crippen LogP contribution is -2.07. The minimum Gasteiger partial charge on any atom is -0.496 e. The molecule has 0 fully saturated rings. The number of carbonyl (C=O) groups is 2. The number of ether oxygens (including phenoxy) is 1. The molecule has 0 unspecified atom stereocenters. The van der Waals surface area contributed by atoms with Crippen molar-refractivity contribution >= 4 is 23.6 Å². The van der Waals surface area contributed by atoms with Gasteiger partial charge in [-0.05, 0) is 36.3 Å². The molecule has 0 saturated heterocycles. The lowest BCUT2D eigenvalue weighted by molar-refractivity contribution is -0.137. The van der Waals surface area contributed by atoms with Crippen LogP contribution in [0.1, 0.15) is 17.5 Å². The number of nitrogens with one attached hydrogen (secondary N) is 1. The lowest BCUT2D eigenvalue weighted by Gasteiger charge is -2.05. The predicted octanol–water partition coefficient (Wildman–Crippen LogP) is 3.36. The van der Waals surface area contributed by atoms with E-state index in [9.17, 15) is 9.59 Å². The fourth-order valence-corrected chi connectivity index (χ4v) is 2.16. The Kier molecular flexibility index (Phi) is 6.14. The van der Waals surface area contributed by atoms with Crippen molar-refractivity contribution in [1.29, 1.82) is 0 Å². The molecule has 0 radical (unpaired) electrons. The highest BCUT2D eigenvalue weighted by Gasteiger charge is 2.02. The van der Waals surface area contributed by atoms with E-state index in [1.54, 1.807) is 25.3 Å². The molecule has 0 aromatic heterocycles. The predicted molar refractivity (Wildman–Crippen MR) is 93.1 cm³/mol. The minimum absolute atomic E-state index is 0.0906. The number of methoxy groups -OCH3 is 1. The van der Waals surface area contributed by atoms with Crippen LogP contribution in [0.5, 0.6) is 5.75 Å². The van der Waals surface area contributed by atoms with Crippen LogP contribution >= 0.6 is 0 Å². The maximum Gasteiger partial charge on any atom is 0.303 e. The van der Waals surface area contributed by atoms with Crippen molar-refractivity contribution in [3.8, 4) is 5.75 Å². The molecule has 2 N–H and O–H groups in total. The highest BCUT2D eigenvalue weighted by molar-refractivity contribution is 6.02. The summed E-state index contributed by atoms with van der Waals surface area (Å²) in [6, 6.07) is 14.6. The number of benzene rings is 2. The normalized spacial score (nSPS) is 10.5. The molecule has 0 heterocycles. The van der Waals surface area contributed by atoms with E-state index in [0.717, 1.165) is 11.1 Å². The quantitative estimate of drug-likeness (QED) is 0.765. The van der Waals surface area contributed by atoms with E-state index in [1.807, 2.05) is 36.4 Å². The molecule has 2 aromatic carbocycles. The number of carbonyl (C=O) groups excluding carboxylic acids is 1. The monoisotopic (exact) mass is 325 g/mol. The number of hydrogen-bond acceptors (Lipinski definition) is 3. The third-order valence-electron chi connectivity index (χ3n) is 3.40. The topological polar surface area (TPSA) is 75.6 Å². The third-order valence-corrected chi connectivity index (χ3v) is 3.40. The number of para-hydroxylation sites is 1. The first-order chi connectivity index (χ1) is 11.6. The first-order valence-electron chi connectivity index (χ1n) is 7.51. The molecule has 0 aliphatic heterocycles. The molecule has 124 valence electrons. The van der Waals surface area contributed by atoms with Gasteiger partial charge in [0, 0.05) is 23.7 Å². The van der Waals surface area contributed by atoms with Crippen molar-refractivity contribution in [2.75, 3.05) is 12.4 Å². The molecule has 2 rings (SSSR count). The maximum absolute atomic E-state index is 12.0. The maximum atomic E-state index is 12.0. The molecule has 0 spiro atoms. The smallest absolute Gasteiger partial charge is 0.303 e. The van der Waals surface area contributed by atoms with E-state index < -0.39 is 5.97 Å². The Hall–Kier alpha value is -3.08. The van der Waals surface area contributed by atoms with Gasteiger partial charge in [0.15, 0.2) is 0 Å². The molecule has 1 amide bonds. The summed E-state index contributed by atoms with van der Waals surface area (Å²) in [5, 5.41) is 11.4. The molecular weight excluding hydrogens is 306 g/mol. The third kappa shape index (κ3) is 5.28. The van der Waals surface area contributed by atoms with Crippen molar-refractivity contribution in [2.45, 2.75) is 12.8 Å². The average molecular weight is 325 g/mol. The number of carboxylic acids is 1. The van der Waals surface area contributed by atoms with Gasteiger partial charge in [0.1, 0.15) is 5.75 Å². The first kappa shape index (κ1) is 17.3. The molecule has 5 heteroatoms. The van der Waals surface area contributed by atoms with Gasteiger partial charge in [-0.25, -0.2) is 0 Å². The van der Waals surface area contributed by atoms with Gasteiger partial charge in [0.05, 0.1) is 7.11 Å². The van der Waals surface area contributed by atoms with Crippen molar-refractivity contribution in [3.63, 3.8) is 0 Å². The molecule has 0 aliphatic carbocycles. The van der Waals surface area contributed by atoms with Crippen LogP contribution in [0.3, 0.4) is 0 Å². The summed E-state index contributed by atoms with van der Waals surface area (Å²) in [6.45, 7) is 0. The number of amides is 1. The average Bonchev–Trinajstić information content (AvgIpc) is 2.59. The lowest BCUT2D eigenvalue weighted by atomic mass is 10.1. The van der Waals surface area contributed by atoms with Crippen LogP contribution in [0.25, 0.3) is 6.08 Å². The molecule has 0 atom stereocenters. The summed E-state index contributed by atoms with van der Waals surface area (Å²) in [7, 11) is 1.58. The van der Waals surface area contributed by atoms with E-state index in [2.05, 4.69) is 5.32 Å². The van der Waals surface area contributed by atoms with Gasteiger partial charge in [0.25, 0.3) is 0 Å². The molecular formula is C19H19NO4. The van der Waals surface area contributed by atoms with E-state index in [4.69, 9.17) is 9.84 Å². The molecule has 0 saturated carbocycles. The van der Waals surface area contributed by atoms with Gasteiger partial charge in [-0.3, -0.25) is 9.59 Å². The Morgan fingerprint density at radius 2 is 1.83 bits per heavy atom. The van der Waals surface area contributed by atoms with Crippen LogP contribution in [0.2, 0.25) is 0 Å². The van der Waals surface area contributed by atoms with Gasteiger partial charge >= 0.3 is 5.97 Å². The van der Waals surface area contributed by atoms with Crippen LogP contribution in [-0.4, -0.2) is 24.1 Å². The first-order valence-corrected chi connectivity index (χ1v) is 7.51. The van der Waals surface area contributed by atoms with Crippen LogP contribution in [0, 0.1) is 0 Å². The zero-order valence-electron chi connectivity index (χ0n) is 13.4. The number of rotatable bonds is 7.